The van der Waals surface area contributed by atoms with Gasteiger partial charge in [0, 0.05) is 52.0 Å². The van der Waals surface area contributed by atoms with E-state index < -0.39 is 0 Å². The van der Waals surface area contributed by atoms with Gasteiger partial charge in [0.2, 0.25) is 5.91 Å². The molecule has 7 heteroatoms. The summed E-state index contributed by atoms with van der Waals surface area (Å²) in [7, 11) is 1.74. The molecule has 2 aromatic carbocycles. The molecular weight excluding hydrogens is 378 g/mol. The maximum atomic E-state index is 12.2. The molecule has 0 unspecified atom stereocenters. The average molecular weight is 406 g/mol. The summed E-state index contributed by atoms with van der Waals surface area (Å²) in [6.45, 7) is 2.02. The number of amides is 3. The van der Waals surface area contributed by atoms with Gasteiger partial charge in [-0.3, -0.25) is 4.79 Å². The van der Waals surface area contributed by atoms with Gasteiger partial charge in [0.15, 0.2) is 0 Å². The zero-order chi connectivity index (χ0) is 21.2. The summed E-state index contributed by atoms with van der Waals surface area (Å²) in [5.74, 6) is -0.0963. The maximum Gasteiger partial charge on any atom is 0.317 e. The second-order valence-electron chi connectivity index (χ2n) is 7.16. The third-order valence-corrected chi connectivity index (χ3v) is 4.64. The van der Waals surface area contributed by atoms with Crippen LogP contribution in [-0.2, 0) is 24.4 Å². The Labute approximate surface area is 176 Å². The Hall–Kier alpha value is -3.61. The van der Waals surface area contributed by atoms with Crippen molar-refractivity contribution in [1.82, 2.24) is 25.1 Å². The molecule has 3 amide bonds. The number of aromatic nitrogens is 2. The summed E-state index contributed by atoms with van der Waals surface area (Å²) in [6.07, 6.45) is 5.68. The van der Waals surface area contributed by atoms with Crippen molar-refractivity contribution in [1.29, 1.82) is 0 Å². The van der Waals surface area contributed by atoms with Gasteiger partial charge >= 0.3 is 6.03 Å². The first-order valence-electron chi connectivity index (χ1n) is 9.93. The Balaban J connectivity index is 1.36. The molecule has 7 nitrogen and oxygen atoms in total. The highest BCUT2D eigenvalue weighted by Crippen LogP contribution is 2.07. The normalized spacial score (nSPS) is 10.4. The smallest absolute Gasteiger partial charge is 0.317 e. The highest BCUT2D eigenvalue weighted by atomic mass is 16.2. The zero-order valence-corrected chi connectivity index (χ0v) is 17.1. The molecule has 30 heavy (non-hydrogen) atoms. The van der Waals surface area contributed by atoms with E-state index >= 15 is 0 Å². The summed E-state index contributed by atoms with van der Waals surface area (Å²) in [6, 6.07) is 17.7. The maximum absolute atomic E-state index is 12.2. The van der Waals surface area contributed by atoms with Crippen molar-refractivity contribution >= 4 is 11.9 Å². The average Bonchev–Trinajstić information content (AvgIpc) is 3.26. The Kier molecular flexibility index (Phi) is 7.60. The summed E-state index contributed by atoms with van der Waals surface area (Å²) in [4.78, 5) is 29.9. The van der Waals surface area contributed by atoms with Gasteiger partial charge < -0.3 is 20.1 Å². The number of nitrogens with one attached hydrogen (secondary N) is 2. The molecule has 3 aromatic rings. The van der Waals surface area contributed by atoms with Gasteiger partial charge in [-0.05, 0) is 16.7 Å². The van der Waals surface area contributed by atoms with Gasteiger partial charge in [-0.25, -0.2) is 9.78 Å². The molecule has 0 aliphatic heterocycles. The second-order valence-corrected chi connectivity index (χ2v) is 7.16. The number of carbonyl (C=O) groups is 2. The molecule has 2 N–H and O–H groups in total. The lowest BCUT2D eigenvalue weighted by Crippen LogP contribution is -2.38. The van der Waals surface area contributed by atoms with Crippen LogP contribution >= 0.6 is 0 Å². The fraction of sp³-hybridized carbons (Fsp3) is 0.261. The molecular formula is C23H27N5O2. The van der Waals surface area contributed by atoms with Crippen molar-refractivity contribution in [2.24, 2.45) is 0 Å². The number of hydrogen-bond acceptors (Lipinski definition) is 3. The fourth-order valence-corrected chi connectivity index (χ4v) is 3.07. The Morgan fingerprint density at radius 3 is 2.53 bits per heavy atom. The number of urea groups is 1. The monoisotopic (exact) mass is 405 g/mol. The van der Waals surface area contributed by atoms with E-state index in [1.807, 2.05) is 59.3 Å². The summed E-state index contributed by atoms with van der Waals surface area (Å²) in [5, 5.41) is 5.69. The Morgan fingerprint density at radius 2 is 1.77 bits per heavy atom. The van der Waals surface area contributed by atoms with Gasteiger partial charge in [-0.1, -0.05) is 54.6 Å². The van der Waals surface area contributed by atoms with E-state index in [4.69, 9.17) is 0 Å². The molecule has 0 spiro atoms. The number of imidazole rings is 1. The van der Waals surface area contributed by atoms with Crippen LogP contribution in [0, 0.1) is 0 Å². The number of carbonyl (C=O) groups excluding carboxylic acids is 2. The number of rotatable bonds is 9. The van der Waals surface area contributed by atoms with Gasteiger partial charge in [0.25, 0.3) is 0 Å². The summed E-state index contributed by atoms with van der Waals surface area (Å²) >= 11 is 0. The molecule has 0 saturated carbocycles. The minimum atomic E-state index is -0.196. The minimum absolute atomic E-state index is 0.0963. The van der Waals surface area contributed by atoms with E-state index in [1.165, 1.54) is 0 Å². The first-order valence-corrected chi connectivity index (χ1v) is 9.93. The van der Waals surface area contributed by atoms with Crippen molar-refractivity contribution in [3.05, 3.63) is 90.0 Å². The predicted molar refractivity (Wildman–Crippen MR) is 116 cm³/mol. The lowest BCUT2D eigenvalue weighted by atomic mass is 10.1. The number of benzene rings is 2. The first kappa shape index (κ1) is 21.1. The minimum Gasteiger partial charge on any atom is -0.352 e. The van der Waals surface area contributed by atoms with E-state index in [1.54, 1.807) is 24.5 Å². The Morgan fingerprint density at radius 1 is 1.00 bits per heavy atom. The zero-order valence-electron chi connectivity index (χ0n) is 17.1. The summed E-state index contributed by atoms with van der Waals surface area (Å²) in [5.41, 5.74) is 3.24. The second kappa shape index (κ2) is 10.8. The van der Waals surface area contributed by atoms with Crippen LogP contribution < -0.4 is 10.6 Å². The lowest BCUT2D eigenvalue weighted by molar-refractivity contribution is -0.121. The van der Waals surface area contributed by atoms with Crippen molar-refractivity contribution in [3.8, 4) is 0 Å². The molecule has 0 radical (unpaired) electrons. The van der Waals surface area contributed by atoms with E-state index in [9.17, 15) is 9.59 Å². The molecule has 1 aromatic heterocycles. The standard InChI is InChI=1S/C23H27N5O2/c1-27(16-19-6-3-2-4-7-19)23(30)25-11-10-22(29)26-15-20-8-5-9-21(14-20)17-28-13-12-24-18-28/h2-9,12-14,18H,10-11,15-17H2,1H3,(H,25,30)(H,26,29). The quantitative estimate of drug-likeness (QED) is 0.575. The summed E-state index contributed by atoms with van der Waals surface area (Å²) < 4.78 is 2.00. The van der Waals surface area contributed by atoms with Crippen LogP contribution in [0.4, 0.5) is 4.79 Å². The van der Waals surface area contributed by atoms with Crippen LogP contribution in [0.3, 0.4) is 0 Å². The predicted octanol–water partition coefficient (Wildman–Crippen LogP) is 2.78. The molecule has 0 aliphatic carbocycles. The fourth-order valence-electron chi connectivity index (χ4n) is 3.07. The molecule has 0 saturated heterocycles. The van der Waals surface area contributed by atoms with Crippen LogP contribution in [0.1, 0.15) is 23.1 Å². The van der Waals surface area contributed by atoms with Gasteiger partial charge in [0.1, 0.15) is 0 Å². The molecule has 156 valence electrons. The molecule has 3 rings (SSSR count). The number of hydrogen-bond donors (Lipinski definition) is 2. The van der Waals surface area contributed by atoms with Crippen molar-refractivity contribution in [3.63, 3.8) is 0 Å². The van der Waals surface area contributed by atoms with Crippen LogP contribution in [0.25, 0.3) is 0 Å². The van der Waals surface area contributed by atoms with Crippen LogP contribution in [0.15, 0.2) is 73.3 Å². The number of nitrogens with zero attached hydrogens (tertiary/aromatic N) is 3. The van der Waals surface area contributed by atoms with Crippen molar-refractivity contribution < 1.29 is 9.59 Å². The van der Waals surface area contributed by atoms with E-state index in [0.29, 0.717) is 19.6 Å². The third kappa shape index (κ3) is 6.77. The first-order chi connectivity index (χ1) is 14.6. The lowest BCUT2D eigenvalue weighted by Gasteiger charge is -2.18. The highest BCUT2D eigenvalue weighted by molar-refractivity contribution is 5.78. The van der Waals surface area contributed by atoms with Crippen molar-refractivity contribution in [2.75, 3.05) is 13.6 Å². The molecule has 1 heterocycles. The SMILES string of the molecule is CN(Cc1ccccc1)C(=O)NCCC(=O)NCc1cccc(Cn2ccnc2)c1. The highest BCUT2D eigenvalue weighted by Gasteiger charge is 2.09. The molecule has 0 atom stereocenters. The topological polar surface area (TPSA) is 79.3 Å². The van der Waals surface area contributed by atoms with Gasteiger partial charge in [-0.2, -0.15) is 0 Å². The van der Waals surface area contributed by atoms with E-state index in [2.05, 4.69) is 21.7 Å². The molecule has 0 bridgehead atoms. The molecule has 0 fully saturated rings. The largest absolute Gasteiger partial charge is 0.352 e. The van der Waals surface area contributed by atoms with Crippen LogP contribution in [0.2, 0.25) is 0 Å². The van der Waals surface area contributed by atoms with E-state index in [0.717, 1.165) is 23.2 Å². The third-order valence-electron chi connectivity index (χ3n) is 4.64. The van der Waals surface area contributed by atoms with Gasteiger partial charge in [0.05, 0.1) is 6.33 Å². The van der Waals surface area contributed by atoms with Crippen LogP contribution in [0.5, 0.6) is 0 Å². The molecule has 0 aliphatic rings. The van der Waals surface area contributed by atoms with Crippen LogP contribution in [-0.4, -0.2) is 40.0 Å². The van der Waals surface area contributed by atoms with E-state index in [-0.39, 0.29) is 18.4 Å². The Bertz CT molecular complexity index is 941. The van der Waals surface area contributed by atoms with Crippen molar-refractivity contribution in [2.45, 2.75) is 26.1 Å². The van der Waals surface area contributed by atoms with Gasteiger partial charge in [-0.15, -0.1) is 0 Å².